The van der Waals surface area contributed by atoms with E-state index in [-0.39, 0.29) is 17.6 Å². The van der Waals surface area contributed by atoms with Crippen LogP contribution in [0, 0.1) is 5.92 Å². The number of hydrogen-bond donors (Lipinski definition) is 2. The molecule has 0 spiro atoms. The van der Waals surface area contributed by atoms with Crippen LogP contribution < -0.4 is 10.6 Å². The Morgan fingerprint density at radius 1 is 0.944 bits per heavy atom. The zero-order chi connectivity index (χ0) is 13.8. The Hall–Kier alpha value is -0.900. The molecule has 0 aliphatic heterocycles. The maximum absolute atomic E-state index is 11.4. The molecule has 0 fully saturated rings. The van der Waals surface area contributed by atoms with E-state index in [4.69, 9.17) is 0 Å². The van der Waals surface area contributed by atoms with Crippen LogP contribution in [0.3, 0.4) is 0 Å². The summed E-state index contributed by atoms with van der Waals surface area (Å²) in [5.74, 6) is 0.487. The molecule has 0 atom stereocenters. The molecular weight excluding hydrogens is 228 g/mol. The highest BCUT2D eigenvalue weighted by atomic mass is 16.1. The second-order valence-electron chi connectivity index (χ2n) is 4.99. The molecule has 18 heavy (non-hydrogen) atoms. The van der Waals surface area contributed by atoms with Crippen molar-refractivity contribution in [3.8, 4) is 0 Å². The lowest BCUT2D eigenvalue weighted by atomic mass is 10.0. The monoisotopic (exact) mass is 256 g/mol. The quantitative estimate of drug-likeness (QED) is 0.555. The second-order valence-corrected chi connectivity index (χ2v) is 4.99. The fraction of sp³-hybridized carbons (Fsp3) is 0.857. The van der Waals surface area contributed by atoms with Crippen molar-refractivity contribution in [2.24, 2.45) is 5.92 Å². The van der Waals surface area contributed by atoms with Crippen LogP contribution in [0.2, 0.25) is 0 Å². The number of unbranched alkanes of at least 4 members (excludes halogenated alkanes) is 2. The summed E-state index contributed by atoms with van der Waals surface area (Å²) in [5.41, 5.74) is 0. The predicted octanol–water partition coefficient (Wildman–Crippen LogP) is 1.89. The molecule has 0 aliphatic carbocycles. The van der Waals surface area contributed by atoms with Gasteiger partial charge in [0.05, 0.1) is 0 Å². The first-order valence-corrected chi connectivity index (χ1v) is 7.02. The van der Waals surface area contributed by atoms with Gasteiger partial charge in [-0.05, 0) is 32.9 Å². The van der Waals surface area contributed by atoms with E-state index in [1.165, 1.54) is 0 Å². The number of Topliss-reactive ketones (excluding diaryl/α,β-unsaturated/α-hetero) is 1. The Morgan fingerprint density at radius 3 is 2.28 bits per heavy atom. The van der Waals surface area contributed by atoms with Gasteiger partial charge < -0.3 is 10.6 Å². The molecule has 0 aromatic rings. The van der Waals surface area contributed by atoms with Gasteiger partial charge in [-0.15, -0.1) is 0 Å². The van der Waals surface area contributed by atoms with Gasteiger partial charge in [-0.3, -0.25) is 9.59 Å². The van der Waals surface area contributed by atoms with Crippen LogP contribution in [0.25, 0.3) is 0 Å². The van der Waals surface area contributed by atoms with Gasteiger partial charge in [0, 0.05) is 25.3 Å². The zero-order valence-electron chi connectivity index (χ0n) is 12.1. The van der Waals surface area contributed by atoms with E-state index in [9.17, 15) is 9.59 Å². The maximum atomic E-state index is 11.4. The fourth-order valence-electron chi connectivity index (χ4n) is 1.63. The van der Waals surface area contributed by atoms with Crippen molar-refractivity contribution >= 4 is 11.7 Å². The molecule has 1 amide bonds. The summed E-state index contributed by atoms with van der Waals surface area (Å²) < 4.78 is 0. The minimum atomic E-state index is 0.105. The minimum Gasteiger partial charge on any atom is -0.356 e. The summed E-state index contributed by atoms with van der Waals surface area (Å²) in [4.78, 5) is 22.8. The zero-order valence-corrected chi connectivity index (χ0v) is 12.1. The molecule has 2 N–H and O–H groups in total. The van der Waals surface area contributed by atoms with E-state index in [1.54, 1.807) is 0 Å². The average molecular weight is 256 g/mol. The Bertz CT molecular complexity index is 240. The van der Waals surface area contributed by atoms with Crippen molar-refractivity contribution < 1.29 is 9.59 Å². The van der Waals surface area contributed by atoms with Gasteiger partial charge in [0.2, 0.25) is 5.91 Å². The number of amides is 1. The highest BCUT2D eigenvalue weighted by Gasteiger charge is 2.06. The summed E-state index contributed by atoms with van der Waals surface area (Å²) in [6.45, 7) is 5.45. The molecule has 4 nitrogen and oxygen atoms in total. The average Bonchev–Trinajstić information content (AvgIpc) is 2.34. The van der Waals surface area contributed by atoms with Crippen LogP contribution in [0.4, 0.5) is 0 Å². The molecule has 0 saturated carbocycles. The van der Waals surface area contributed by atoms with E-state index in [1.807, 2.05) is 20.9 Å². The van der Waals surface area contributed by atoms with Crippen LogP contribution in [-0.2, 0) is 9.59 Å². The van der Waals surface area contributed by atoms with Crippen molar-refractivity contribution in [3.05, 3.63) is 0 Å². The molecule has 0 bridgehead atoms. The van der Waals surface area contributed by atoms with Crippen molar-refractivity contribution in [1.82, 2.24) is 10.6 Å². The normalized spacial score (nSPS) is 10.7. The lowest BCUT2D eigenvalue weighted by Crippen LogP contribution is -2.24. The molecule has 106 valence electrons. The van der Waals surface area contributed by atoms with Crippen LogP contribution >= 0.6 is 0 Å². The van der Waals surface area contributed by atoms with Crippen molar-refractivity contribution in [3.63, 3.8) is 0 Å². The number of nitrogens with one attached hydrogen (secondary N) is 2. The third-order valence-corrected chi connectivity index (χ3v) is 2.90. The first-order chi connectivity index (χ1) is 8.57. The molecule has 0 aromatic heterocycles. The van der Waals surface area contributed by atoms with Gasteiger partial charge in [-0.2, -0.15) is 0 Å². The number of ketones is 1. The summed E-state index contributed by atoms with van der Waals surface area (Å²) >= 11 is 0. The van der Waals surface area contributed by atoms with Gasteiger partial charge in [0.25, 0.3) is 0 Å². The maximum Gasteiger partial charge on any atom is 0.219 e. The number of hydrogen-bond acceptors (Lipinski definition) is 3. The summed E-state index contributed by atoms with van der Waals surface area (Å²) in [7, 11) is 1.94. The molecule has 4 heteroatoms. The molecule has 0 heterocycles. The molecular formula is C14H28N2O2. The van der Waals surface area contributed by atoms with E-state index in [0.717, 1.165) is 32.2 Å². The van der Waals surface area contributed by atoms with Crippen molar-refractivity contribution in [2.45, 2.75) is 52.4 Å². The Labute approximate surface area is 111 Å². The number of carbonyl (C=O) groups is 2. The second kappa shape index (κ2) is 11.2. The summed E-state index contributed by atoms with van der Waals surface area (Å²) in [6.07, 6.45) is 5.07. The van der Waals surface area contributed by atoms with Gasteiger partial charge in [-0.25, -0.2) is 0 Å². The van der Waals surface area contributed by atoms with Gasteiger partial charge >= 0.3 is 0 Å². The van der Waals surface area contributed by atoms with Gasteiger partial charge in [-0.1, -0.05) is 20.3 Å². The molecule has 0 radical (unpaired) electrons. The van der Waals surface area contributed by atoms with Crippen LogP contribution in [0.5, 0.6) is 0 Å². The fourth-order valence-corrected chi connectivity index (χ4v) is 1.63. The Morgan fingerprint density at radius 2 is 1.67 bits per heavy atom. The first-order valence-electron chi connectivity index (χ1n) is 7.02. The summed E-state index contributed by atoms with van der Waals surface area (Å²) in [5, 5.41) is 5.95. The Kier molecular flexibility index (Phi) is 10.6. The highest BCUT2D eigenvalue weighted by molar-refractivity contribution is 5.80. The number of carbonyl (C=O) groups excluding carboxylic acids is 2. The van der Waals surface area contributed by atoms with E-state index in [0.29, 0.717) is 19.4 Å². The standard InChI is InChI=1S/C14H28N2O2/c1-12(2)13(17)8-7-11-16-14(18)9-5-4-6-10-15-3/h12,15H,4-11H2,1-3H3,(H,16,18). The topological polar surface area (TPSA) is 58.2 Å². The van der Waals surface area contributed by atoms with Crippen LogP contribution in [0.1, 0.15) is 52.4 Å². The molecule has 0 saturated heterocycles. The molecule has 0 aliphatic rings. The third-order valence-electron chi connectivity index (χ3n) is 2.90. The van der Waals surface area contributed by atoms with Gasteiger partial charge in [0.1, 0.15) is 5.78 Å². The molecule has 0 unspecified atom stereocenters. The Balaban J connectivity index is 3.34. The van der Waals surface area contributed by atoms with Crippen LogP contribution in [0.15, 0.2) is 0 Å². The minimum absolute atomic E-state index is 0.105. The molecule has 0 rings (SSSR count). The lowest BCUT2D eigenvalue weighted by Gasteiger charge is -2.06. The summed E-state index contributed by atoms with van der Waals surface area (Å²) in [6, 6.07) is 0. The smallest absolute Gasteiger partial charge is 0.219 e. The van der Waals surface area contributed by atoms with Crippen molar-refractivity contribution in [2.75, 3.05) is 20.1 Å². The SMILES string of the molecule is CNCCCCCC(=O)NCCCC(=O)C(C)C. The highest BCUT2D eigenvalue weighted by Crippen LogP contribution is 2.01. The largest absolute Gasteiger partial charge is 0.356 e. The molecule has 0 aromatic carbocycles. The lowest BCUT2D eigenvalue weighted by molar-refractivity contribution is -0.123. The van der Waals surface area contributed by atoms with Crippen LogP contribution in [-0.4, -0.2) is 31.8 Å². The first kappa shape index (κ1) is 17.1. The van der Waals surface area contributed by atoms with Crippen molar-refractivity contribution in [1.29, 1.82) is 0 Å². The van der Waals surface area contributed by atoms with E-state index >= 15 is 0 Å². The number of rotatable bonds is 11. The third kappa shape index (κ3) is 10.3. The van der Waals surface area contributed by atoms with Gasteiger partial charge in [0.15, 0.2) is 0 Å². The van der Waals surface area contributed by atoms with E-state index < -0.39 is 0 Å². The van der Waals surface area contributed by atoms with E-state index in [2.05, 4.69) is 10.6 Å². The predicted molar refractivity (Wildman–Crippen MR) is 74.5 cm³/mol.